The molecule has 6 nitrogen and oxygen atoms in total. The summed E-state index contributed by atoms with van der Waals surface area (Å²) in [5.74, 6) is -0.117. The van der Waals surface area contributed by atoms with Gasteiger partial charge in [-0.15, -0.1) is 0 Å². The number of nitrogens with one attached hydrogen (secondary N) is 1. The number of sulfonamides is 1. The number of anilines is 1. The number of Topliss-reactive ketones (excluding diaryl/α,β-unsaturated/α-hetero) is 1. The Bertz CT molecular complexity index is 1010. The molecule has 3 rings (SSSR count). The van der Waals surface area contributed by atoms with Gasteiger partial charge in [-0.05, 0) is 32.0 Å². The number of hydrogen-bond acceptors (Lipinski definition) is 6. The molecule has 0 aliphatic heterocycles. The van der Waals surface area contributed by atoms with Crippen LogP contribution in [0.3, 0.4) is 0 Å². The number of aryl methyl sites for hydroxylation is 1. The minimum Gasteiger partial charge on any atom is -0.295 e. The summed E-state index contributed by atoms with van der Waals surface area (Å²) in [7, 11) is -3.77. The Morgan fingerprint density at radius 1 is 1.16 bits per heavy atom. The Kier molecular flexibility index (Phi) is 4.65. The molecule has 0 radical (unpaired) electrons. The summed E-state index contributed by atoms with van der Waals surface area (Å²) in [6, 6.07) is 9.50. The highest BCUT2D eigenvalue weighted by Crippen LogP contribution is 2.33. The monoisotopic (exact) mass is 373 g/mol. The zero-order valence-corrected chi connectivity index (χ0v) is 15.2. The molecular formula is C17H15N3O3S2. The van der Waals surface area contributed by atoms with Crippen LogP contribution in [0.5, 0.6) is 0 Å². The molecule has 0 amide bonds. The van der Waals surface area contributed by atoms with Crippen molar-refractivity contribution in [3.05, 3.63) is 60.0 Å². The molecule has 0 atom stereocenters. The molecule has 0 aliphatic rings. The van der Waals surface area contributed by atoms with Crippen molar-refractivity contribution in [2.24, 2.45) is 0 Å². The van der Waals surface area contributed by atoms with Crippen LogP contribution in [0.4, 0.5) is 5.13 Å². The Hall–Kier alpha value is -2.58. The van der Waals surface area contributed by atoms with Crippen molar-refractivity contribution < 1.29 is 13.2 Å². The van der Waals surface area contributed by atoms with E-state index in [0.29, 0.717) is 5.56 Å². The topological polar surface area (TPSA) is 89.0 Å². The maximum absolute atomic E-state index is 12.5. The number of hydrogen-bond donors (Lipinski definition) is 1. The first-order valence-corrected chi connectivity index (χ1v) is 9.68. The van der Waals surface area contributed by atoms with E-state index >= 15 is 0 Å². The van der Waals surface area contributed by atoms with Crippen LogP contribution in [-0.2, 0) is 10.0 Å². The smallest absolute Gasteiger partial charge is 0.263 e. The van der Waals surface area contributed by atoms with Crippen LogP contribution >= 0.6 is 11.3 Å². The van der Waals surface area contributed by atoms with Gasteiger partial charge < -0.3 is 0 Å². The van der Waals surface area contributed by atoms with Crippen molar-refractivity contribution >= 4 is 32.3 Å². The number of carbonyl (C=O) groups is 1. The molecule has 2 aromatic heterocycles. The second-order valence-corrected chi connectivity index (χ2v) is 8.04. The van der Waals surface area contributed by atoms with Gasteiger partial charge in [0.25, 0.3) is 10.0 Å². The first kappa shape index (κ1) is 17.2. The van der Waals surface area contributed by atoms with E-state index in [1.807, 2.05) is 19.1 Å². The van der Waals surface area contributed by atoms with Crippen LogP contribution in [0.15, 0.2) is 53.7 Å². The quantitative estimate of drug-likeness (QED) is 0.691. The number of pyridine rings is 1. The largest absolute Gasteiger partial charge is 0.295 e. The Labute approximate surface area is 149 Å². The highest BCUT2D eigenvalue weighted by molar-refractivity contribution is 7.93. The molecule has 1 aromatic carbocycles. The van der Waals surface area contributed by atoms with Crippen LogP contribution in [0, 0.1) is 6.92 Å². The van der Waals surface area contributed by atoms with Gasteiger partial charge in [-0.2, -0.15) is 0 Å². The standard InChI is InChI=1S/C17H15N3O3S2/c1-11-16(14-4-3-9-18-10-14)24-17(19-11)20-25(22,23)15-7-5-13(6-8-15)12(2)21/h3-10H,1-2H3,(H,19,20). The van der Waals surface area contributed by atoms with E-state index in [2.05, 4.69) is 14.7 Å². The van der Waals surface area contributed by atoms with Crippen molar-refractivity contribution in [1.29, 1.82) is 0 Å². The normalized spacial score (nSPS) is 11.3. The van der Waals surface area contributed by atoms with Crippen molar-refractivity contribution in [3.63, 3.8) is 0 Å². The van der Waals surface area contributed by atoms with E-state index in [-0.39, 0.29) is 15.8 Å². The minimum absolute atomic E-state index is 0.0771. The van der Waals surface area contributed by atoms with Crippen molar-refractivity contribution in [1.82, 2.24) is 9.97 Å². The number of nitrogens with zero attached hydrogens (tertiary/aromatic N) is 2. The maximum Gasteiger partial charge on any atom is 0.263 e. The Balaban J connectivity index is 1.88. The van der Waals surface area contributed by atoms with Crippen molar-refractivity contribution in [3.8, 4) is 10.4 Å². The number of rotatable bonds is 5. The lowest BCUT2D eigenvalue weighted by Gasteiger charge is -2.05. The molecule has 0 aliphatic carbocycles. The molecule has 0 saturated carbocycles. The molecular weight excluding hydrogens is 358 g/mol. The third-order valence-electron chi connectivity index (χ3n) is 3.51. The van der Waals surface area contributed by atoms with Crippen LogP contribution < -0.4 is 4.72 Å². The molecule has 8 heteroatoms. The summed E-state index contributed by atoms with van der Waals surface area (Å²) in [5.41, 5.74) is 2.07. The van der Waals surface area contributed by atoms with E-state index < -0.39 is 10.0 Å². The van der Waals surface area contributed by atoms with Gasteiger partial charge in [-0.1, -0.05) is 29.5 Å². The predicted molar refractivity (Wildman–Crippen MR) is 97.3 cm³/mol. The lowest BCUT2D eigenvalue weighted by molar-refractivity contribution is 0.101. The van der Waals surface area contributed by atoms with E-state index in [1.54, 1.807) is 12.4 Å². The highest BCUT2D eigenvalue weighted by Gasteiger charge is 2.18. The van der Waals surface area contributed by atoms with Gasteiger partial charge in [0.05, 0.1) is 15.5 Å². The first-order chi connectivity index (χ1) is 11.9. The van der Waals surface area contributed by atoms with Gasteiger partial charge in [-0.25, -0.2) is 13.4 Å². The zero-order valence-electron chi connectivity index (χ0n) is 13.6. The first-order valence-electron chi connectivity index (χ1n) is 7.38. The minimum atomic E-state index is -3.77. The van der Waals surface area contributed by atoms with Crippen LogP contribution in [0.1, 0.15) is 23.0 Å². The molecule has 1 N–H and O–H groups in total. The fourth-order valence-corrected chi connectivity index (χ4v) is 4.44. The summed E-state index contributed by atoms with van der Waals surface area (Å²) >= 11 is 1.25. The Morgan fingerprint density at radius 3 is 2.48 bits per heavy atom. The lowest BCUT2D eigenvalue weighted by atomic mass is 10.2. The summed E-state index contributed by atoms with van der Waals surface area (Å²) in [4.78, 5) is 20.6. The average molecular weight is 373 g/mol. The maximum atomic E-state index is 12.5. The second-order valence-electron chi connectivity index (χ2n) is 5.36. The fraction of sp³-hybridized carbons (Fsp3) is 0.118. The lowest BCUT2D eigenvalue weighted by Crippen LogP contribution is -2.13. The number of ketones is 1. The highest BCUT2D eigenvalue weighted by atomic mass is 32.2. The third kappa shape index (κ3) is 3.75. The van der Waals surface area contributed by atoms with E-state index in [0.717, 1.165) is 16.1 Å². The number of aromatic nitrogens is 2. The zero-order chi connectivity index (χ0) is 18.0. The predicted octanol–water partition coefficient (Wildman–Crippen LogP) is 3.52. The van der Waals surface area contributed by atoms with E-state index in [9.17, 15) is 13.2 Å². The summed E-state index contributed by atoms with van der Waals surface area (Å²) in [6.45, 7) is 3.25. The summed E-state index contributed by atoms with van der Waals surface area (Å²) in [6.07, 6.45) is 3.38. The molecule has 128 valence electrons. The van der Waals surface area contributed by atoms with Crippen molar-refractivity contribution in [2.45, 2.75) is 18.7 Å². The second kappa shape index (κ2) is 6.73. The molecule has 3 aromatic rings. The SMILES string of the molecule is CC(=O)c1ccc(S(=O)(=O)Nc2nc(C)c(-c3cccnc3)s2)cc1. The molecule has 0 saturated heterocycles. The molecule has 0 bridgehead atoms. The molecule has 2 heterocycles. The number of benzene rings is 1. The average Bonchev–Trinajstić information content (AvgIpc) is 2.95. The van der Waals surface area contributed by atoms with Crippen LogP contribution in [0.25, 0.3) is 10.4 Å². The van der Waals surface area contributed by atoms with Crippen LogP contribution in [-0.4, -0.2) is 24.2 Å². The third-order valence-corrected chi connectivity index (χ3v) is 6.12. The van der Waals surface area contributed by atoms with Gasteiger partial charge >= 0.3 is 0 Å². The summed E-state index contributed by atoms with van der Waals surface area (Å²) in [5, 5.41) is 0.284. The van der Waals surface area contributed by atoms with Gasteiger partial charge in [0.1, 0.15) is 0 Å². The van der Waals surface area contributed by atoms with Gasteiger partial charge in [0.2, 0.25) is 0 Å². The molecule has 0 fully saturated rings. The Morgan fingerprint density at radius 2 is 1.88 bits per heavy atom. The molecule has 0 unspecified atom stereocenters. The summed E-state index contributed by atoms with van der Waals surface area (Å²) < 4.78 is 27.5. The number of carbonyl (C=O) groups excluding carboxylic acids is 1. The van der Waals surface area contributed by atoms with Gasteiger partial charge in [-0.3, -0.25) is 14.5 Å². The van der Waals surface area contributed by atoms with E-state index in [4.69, 9.17) is 0 Å². The number of thiazole rings is 1. The van der Waals surface area contributed by atoms with Gasteiger partial charge in [0.15, 0.2) is 10.9 Å². The van der Waals surface area contributed by atoms with Crippen LogP contribution in [0.2, 0.25) is 0 Å². The van der Waals surface area contributed by atoms with Gasteiger partial charge in [0, 0.05) is 23.5 Å². The fourth-order valence-electron chi connectivity index (χ4n) is 2.25. The molecule has 25 heavy (non-hydrogen) atoms. The van der Waals surface area contributed by atoms with Crippen molar-refractivity contribution in [2.75, 3.05) is 4.72 Å². The van der Waals surface area contributed by atoms with E-state index in [1.165, 1.54) is 42.5 Å². The molecule has 0 spiro atoms.